The second-order valence-corrected chi connectivity index (χ2v) is 16.0. The zero-order chi connectivity index (χ0) is 41.9. The van der Waals surface area contributed by atoms with E-state index in [4.69, 9.17) is 30.0 Å². The van der Waals surface area contributed by atoms with E-state index in [0.29, 0.717) is 46.0 Å². The normalized spacial score (nSPS) is 14.6. The number of nitrogens with one attached hydrogen (secondary N) is 2. The summed E-state index contributed by atoms with van der Waals surface area (Å²) >= 11 is 0. The van der Waals surface area contributed by atoms with Gasteiger partial charge in [0, 0.05) is 84.6 Å². The summed E-state index contributed by atoms with van der Waals surface area (Å²) in [5.74, 6) is 3.29. The molecule has 300 valence electrons. The molecule has 5 aliphatic rings. The summed E-state index contributed by atoms with van der Waals surface area (Å²) < 4.78 is 0. The topological polar surface area (TPSA) is 124 Å². The second-order valence-electron chi connectivity index (χ2n) is 16.0. The Kier molecular flexibility index (Phi) is 9.86. The van der Waals surface area contributed by atoms with E-state index in [1.807, 2.05) is 126 Å². The highest BCUT2D eigenvalue weighted by molar-refractivity contribution is 6.22. The van der Waals surface area contributed by atoms with Crippen molar-refractivity contribution in [2.24, 2.45) is 30.0 Å². The van der Waals surface area contributed by atoms with Gasteiger partial charge in [-0.1, -0.05) is 70.6 Å². The van der Waals surface area contributed by atoms with Gasteiger partial charge in [-0.2, -0.15) is 9.98 Å². The van der Waals surface area contributed by atoms with Crippen molar-refractivity contribution in [2.75, 3.05) is 94.4 Å². The highest BCUT2D eigenvalue weighted by Gasteiger charge is 2.36. The second kappa shape index (κ2) is 15.0. The summed E-state index contributed by atoms with van der Waals surface area (Å²) in [5, 5.41) is 0. The fourth-order valence-corrected chi connectivity index (χ4v) is 7.81. The van der Waals surface area contributed by atoms with E-state index in [9.17, 15) is 0 Å². The highest BCUT2D eigenvalue weighted by Crippen LogP contribution is 2.42. The molecule has 1 aromatic heterocycles. The zero-order valence-electron chi connectivity index (χ0n) is 35.9. The molecule has 4 aliphatic heterocycles. The van der Waals surface area contributed by atoms with E-state index in [1.54, 1.807) is 0 Å². The molecule has 3 aromatic rings. The lowest BCUT2D eigenvalue weighted by atomic mass is 10.0. The third kappa shape index (κ3) is 6.89. The minimum Gasteiger partial charge on any atom is -0.373 e. The van der Waals surface area contributed by atoms with Crippen molar-refractivity contribution in [1.29, 1.82) is 0 Å². The van der Waals surface area contributed by atoms with Gasteiger partial charge in [0.05, 0.1) is 11.1 Å². The van der Waals surface area contributed by atoms with Gasteiger partial charge in [0.1, 0.15) is 34.2 Å². The number of rotatable bonds is 8. The Labute approximate surface area is 345 Å². The number of likely N-dealkylation sites (N-methyl/N-ethyl adjacent to an activating group) is 4. The smallest absolute Gasteiger partial charge is 0.271 e. The number of aromatic amines is 2. The zero-order valence-corrected chi connectivity index (χ0v) is 35.9. The van der Waals surface area contributed by atoms with E-state index < -0.39 is 0 Å². The quantitative estimate of drug-likeness (QED) is 0.239. The van der Waals surface area contributed by atoms with Crippen LogP contribution in [0.5, 0.6) is 0 Å². The van der Waals surface area contributed by atoms with Crippen LogP contribution >= 0.6 is 0 Å². The molecule has 8 bridgehead atoms. The minimum atomic E-state index is 0.517. The van der Waals surface area contributed by atoms with E-state index in [1.165, 1.54) is 0 Å². The van der Waals surface area contributed by atoms with Crippen molar-refractivity contribution < 1.29 is 4.98 Å². The number of benzene rings is 2. The Morgan fingerprint density at radius 3 is 1.03 bits per heavy atom. The predicted octanol–water partition coefficient (Wildman–Crippen LogP) is 4.91. The summed E-state index contributed by atoms with van der Waals surface area (Å²) in [5.41, 5.74) is 12.2. The largest absolute Gasteiger partial charge is 0.373 e. The van der Waals surface area contributed by atoms with Gasteiger partial charge in [-0.3, -0.25) is 0 Å². The molecule has 14 nitrogen and oxygen atoms in total. The average molecular weight is 788 g/mol. The first-order valence-electron chi connectivity index (χ1n) is 19.4. The highest BCUT2D eigenvalue weighted by atomic mass is 15.3. The number of nitrogens with zero attached hydrogens (tertiary/aromatic N) is 12. The molecular weight excluding hydrogens is 737 g/mol. The van der Waals surface area contributed by atoms with Crippen LogP contribution in [0.15, 0.2) is 132 Å². The van der Waals surface area contributed by atoms with Gasteiger partial charge in [-0.15, -0.1) is 0 Å². The first kappa shape index (κ1) is 38.8. The van der Waals surface area contributed by atoms with Gasteiger partial charge in [0.2, 0.25) is 0 Å². The lowest BCUT2D eigenvalue weighted by Gasteiger charge is -2.20. The number of hydrogen-bond acceptors (Lipinski definition) is 12. The van der Waals surface area contributed by atoms with E-state index in [0.717, 1.165) is 67.5 Å². The van der Waals surface area contributed by atoms with Crippen LogP contribution in [0.4, 0.5) is 23.0 Å². The van der Waals surface area contributed by atoms with Crippen LogP contribution < -0.4 is 25.8 Å². The fraction of sp³-hybridized carbons (Fsp3) is 0.267. The number of fused-ring (bicyclic) bond motifs is 9. The van der Waals surface area contributed by atoms with Crippen molar-refractivity contribution in [1.82, 2.24) is 24.6 Å². The maximum Gasteiger partial charge on any atom is 0.271 e. The third-order valence-electron chi connectivity index (χ3n) is 10.3. The van der Waals surface area contributed by atoms with Crippen LogP contribution in [0.3, 0.4) is 0 Å². The van der Waals surface area contributed by atoms with E-state index in [2.05, 4.69) is 76.7 Å². The predicted molar refractivity (Wildman–Crippen MR) is 240 cm³/mol. The lowest BCUT2D eigenvalue weighted by molar-refractivity contribution is -0.341. The molecule has 0 unspecified atom stereocenters. The molecule has 0 spiro atoms. The van der Waals surface area contributed by atoms with Crippen molar-refractivity contribution in [3.63, 3.8) is 0 Å². The maximum absolute atomic E-state index is 5.39. The Morgan fingerprint density at radius 2 is 0.712 bits per heavy atom. The Bertz CT molecular complexity index is 2580. The fourth-order valence-electron chi connectivity index (χ4n) is 7.81. The molecule has 2 aromatic carbocycles. The van der Waals surface area contributed by atoms with Crippen LogP contribution in [0.1, 0.15) is 0 Å². The van der Waals surface area contributed by atoms with Crippen LogP contribution in [0.2, 0.25) is 0 Å². The molecule has 0 saturated heterocycles. The van der Waals surface area contributed by atoms with Gasteiger partial charge in [0.15, 0.2) is 22.6 Å². The van der Waals surface area contributed by atoms with Crippen LogP contribution in [-0.2, 0) is 0 Å². The molecule has 1 aliphatic carbocycles. The maximum atomic E-state index is 5.39. The molecule has 2 N–H and O–H groups in total. The number of aromatic nitrogens is 2. The number of H-pyrrole nitrogens is 2. The van der Waals surface area contributed by atoms with E-state index >= 15 is 0 Å². The monoisotopic (exact) mass is 787 g/mol. The first-order chi connectivity index (χ1) is 28.2. The summed E-state index contributed by atoms with van der Waals surface area (Å²) in [6, 6.07) is 27.5. The van der Waals surface area contributed by atoms with Gasteiger partial charge in [0.25, 0.3) is 23.3 Å². The SMILES string of the molecule is CN(C)C1=C(N(C)C)C2=Nc3[nH+]c(c4cc(-c5ccccc5)cc(-c5ccccc5)cc3-4)N=C3N=C(N=c4[nH]c(c(N(C)C)c4N(C)C)=NC1=N2)C(N(C)C)=C3N(C)C. The van der Waals surface area contributed by atoms with Gasteiger partial charge < -0.3 is 34.4 Å². The molecule has 59 heavy (non-hydrogen) atoms. The lowest BCUT2D eigenvalue weighted by Crippen LogP contribution is -2.27. The van der Waals surface area contributed by atoms with Crippen molar-refractivity contribution >= 4 is 46.4 Å². The molecular formula is C45H51N14+. The number of hydrogen-bond donors (Lipinski definition) is 1. The molecule has 0 amide bonds. The Hall–Kier alpha value is -7.09. The molecule has 8 rings (SSSR count). The first-order valence-corrected chi connectivity index (χ1v) is 19.4. The van der Waals surface area contributed by atoms with Crippen molar-refractivity contribution in [3.05, 3.63) is 113 Å². The minimum absolute atomic E-state index is 0.517. The van der Waals surface area contributed by atoms with Crippen LogP contribution in [-0.4, -0.2) is 132 Å². The van der Waals surface area contributed by atoms with Gasteiger partial charge in [-0.05, 0) is 40.5 Å². The summed E-state index contributed by atoms with van der Waals surface area (Å²) in [6.07, 6.45) is 0. The van der Waals surface area contributed by atoms with Crippen molar-refractivity contribution in [2.45, 2.75) is 0 Å². The van der Waals surface area contributed by atoms with Crippen LogP contribution in [0, 0.1) is 0 Å². The molecule has 0 saturated carbocycles. The number of amidine groups is 4. The molecule has 0 radical (unpaired) electrons. The molecule has 14 heteroatoms. The standard InChI is InChI=1S/C45H50N14/c1-54(2)32-34(56(5)6)42-49-40(32)47-38-30-24-28(26-19-15-13-16-20-26)23-29(27-21-17-14-18-22-27)25-31(30)39(46-38)48-41-33(55(3)4)35(57(7)8)43(50-41)52-45-37(59(11)12)36(58(9)10)44(51-42)53-45/h13-25H,1-12H3,(H,46,47,48,49,50,51,52,53)/p+1. The average Bonchev–Trinajstić information content (AvgIpc) is 3.89. The molecule has 0 fully saturated rings. The number of aliphatic imine (C=N–C) groups is 4. The van der Waals surface area contributed by atoms with Gasteiger partial charge in [-0.25, -0.2) is 15.0 Å². The molecule has 5 heterocycles. The number of anilines is 2. The Balaban J connectivity index is 1.55. The molecule has 0 atom stereocenters. The summed E-state index contributed by atoms with van der Waals surface area (Å²) in [4.78, 5) is 51.2. The van der Waals surface area contributed by atoms with E-state index in [-0.39, 0.29) is 0 Å². The summed E-state index contributed by atoms with van der Waals surface area (Å²) in [7, 11) is 24.1. The van der Waals surface area contributed by atoms with Gasteiger partial charge >= 0.3 is 0 Å². The third-order valence-corrected chi connectivity index (χ3v) is 10.3. The summed E-state index contributed by atoms with van der Waals surface area (Å²) in [6.45, 7) is 0. The van der Waals surface area contributed by atoms with Crippen molar-refractivity contribution in [3.8, 4) is 33.4 Å². The Morgan fingerprint density at radius 1 is 0.373 bits per heavy atom. The van der Waals surface area contributed by atoms with Crippen LogP contribution in [0.25, 0.3) is 33.4 Å².